The van der Waals surface area contributed by atoms with Crippen LogP contribution in [0.2, 0.25) is 0 Å². The summed E-state index contributed by atoms with van der Waals surface area (Å²) in [5.41, 5.74) is 2.25. The fourth-order valence-corrected chi connectivity index (χ4v) is 2.54. The Hall–Kier alpha value is -3.25. The van der Waals surface area contributed by atoms with Crippen LogP contribution >= 0.6 is 0 Å². The third-order valence-electron chi connectivity index (χ3n) is 3.72. The summed E-state index contributed by atoms with van der Waals surface area (Å²) in [4.78, 5) is 29.7. The standard InChI is InChI=1S/C18H12N2O4/c21-17-14-8-4-5-9-15(14)18(22)20(17)23-11-13-10-16(19-24-13)12-6-2-1-3-7-12/h1-10H,11H2. The lowest BCUT2D eigenvalue weighted by Crippen LogP contribution is -2.29. The molecule has 2 heterocycles. The molecule has 0 atom stereocenters. The molecule has 6 heteroatoms. The van der Waals surface area contributed by atoms with E-state index in [1.54, 1.807) is 30.3 Å². The van der Waals surface area contributed by atoms with Gasteiger partial charge in [-0.15, -0.1) is 5.06 Å². The van der Waals surface area contributed by atoms with Gasteiger partial charge in [0.1, 0.15) is 12.3 Å². The zero-order valence-corrected chi connectivity index (χ0v) is 12.5. The second-order valence-corrected chi connectivity index (χ2v) is 5.27. The van der Waals surface area contributed by atoms with Crippen molar-refractivity contribution in [3.8, 4) is 11.3 Å². The summed E-state index contributed by atoms with van der Waals surface area (Å²) in [6.07, 6.45) is 0. The number of nitrogens with zero attached hydrogens (tertiary/aromatic N) is 2. The van der Waals surface area contributed by atoms with Crippen molar-refractivity contribution < 1.29 is 18.9 Å². The van der Waals surface area contributed by atoms with Gasteiger partial charge in [0.15, 0.2) is 5.76 Å². The molecule has 0 aliphatic carbocycles. The third kappa shape index (κ3) is 2.39. The van der Waals surface area contributed by atoms with Gasteiger partial charge in [0, 0.05) is 11.6 Å². The summed E-state index contributed by atoms with van der Waals surface area (Å²) in [5, 5.41) is 4.73. The monoisotopic (exact) mass is 320 g/mol. The highest BCUT2D eigenvalue weighted by molar-refractivity contribution is 6.20. The normalized spacial score (nSPS) is 13.4. The first-order chi connectivity index (χ1) is 11.7. The van der Waals surface area contributed by atoms with E-state index in [0.29, 0.717) is 22.6 Å². The Balaban J connectivity index is 1.48. The molecule has 2 aromatic carbocycles. The summed E-state index contributed by atoms with van der Waals surface area (Å²) >= 11 is 0. The molecule has 1 aromatic heterocycles. The molecule has 0 saturated heterocycles. The van der Waals surface area contributed by atoms with Gasteiger partial charge in [0.2, 0.25) is 0 Å². The third-order valence-corrected chi connectivity index (χ3v) is 3.72. The van der Waals surface area contributed by atoms with Crippen molar-refractivity contribution in [3.05, 3.63) is 77.6 Å². The molecule has 1 aliphatic rings. The fraction of sp³-hybridized carbons (Fsp3) is 0.0556. The second kappa shape index (κ2) is 5.75. The van der Waals surface area contributed by atoms with Crippen LogP contribution in [0.5, 0.6) is 0 Å². The van der Waals surface area contributed by atoms with Gasteiger partial charge in [0.25, 0.3) is 11.8 Å². The summed E-state index contributed by atoms with van der Waals surface area (Å²) < 4.78 is 5.20. The first kappa shape index (κ1) is 14.3. The molecule has 118 valence electrons. The molecule has 0 fully saturated rings. The van der Waals surface area contributed by atoms with Crippen molar-refractivity contribution >= 4 is 11.8 Å². The van der Waals surface area contributed by atoms with Crippen LogP contribution < -0.4 is 0 Å². The maximum absolute atomic E-state index is 12.2. The molecule has 6 nitrogen and oxygen atoms in total. The highest BCUT2D eigenvalue weighted by atomic mass is 16.7. The topological polar surface area (TPSA) is 72.6 Å². The van der Waals surface area contributed by atoms with Gasteiger partial charge in [-0.05, 0) is 12.1 Å². The smallest absolute Gasteiger partial charge is 0.285 e. The quantitative estimate of drug-likeness (QED) is 0.691. The minimum absolute atomic E-state index is 0.0642. The summed E-state index contributed by atoms with van der Waals surface area (Å²) in [7, 11) is 0. The van der Waals surface area contributed by atoms with Crippen molar-refractivity contribution in [2.75, 3.05) is 0 Å². The van der Waals surface area contributed by atoms with Crippen LogP contribution in [0.3, 0.4) is 0 Å². The molecule has 4 rings (SSSR count). The number of benzene rings is 2. The lowest BCUT2D eigenvalue weighted by molar-refractivity contribution is -0.106. The van der Waals surface area contributed by atoms with Gasteiger partial charge in [0.05, 0.1) is 11.1 Å². The van der Waals surface area contributed by atoms with Crippen LogP contribution in [-0.4, -0.2) is 22.0 Å². The molecule has 24 heavy (non-hydrogen) atoms. The van der Waals surface area contributed by atoms with Gasteiger partial charge >= 0.3 is 0 Å². The van der Waals surface area contributed by atoms with Crippen LogP contribution in [0.25, 0.3) is 11.3 Å². The van der Waals surface area contributed by atoms with Gasteiger partial charge in [-0.3, -0.25) is 14.4 Å². The number of carbonyl (C=O) groups is 2. The number of carbonyl (C=O) groups excluding carboxylic acids is 2. The Morgan fingerprint density at radius 3 is 2.21 bits per heavy atom. The van der Waals surface area contributed by atoms with Crippen LogP contribution in [0, 0.1) is 0 Å². The molecule has 0 N–H and O–H groups in total. The Morgan fingerprint density at radius 1 is 0.917 bits per heavy atom. The predicted molar refractivity (Wildman–Crippen MR) is 83.7 cm³/mol. The molecule has 0 radical (unpaired) electrons. The maximum atomic E-state index is 12.2. The van der Waals surface area contributed by atoms with E-state index < -0.39 is 11.8 Å². The largest absolute Gasteiger partial charge is 0.358 e. The molecule has 0 spiro atoms. The Labute approximate surface area is 137 Å². The molecule has 1 aliphatic heterocycles. The van der Waals surface area contributed by atoms with E-state index in [1.807, 2.05) is 30.3 Å². The number of aromatic nitrogens is 1. The predicted octanol–water partition coefficient (Wildman–Crippen LogP) is 3.07. The minimum atomic E-state index is -0.474. The number of rotatable bonds is 4. The van der Waals surface area contributed by atoms with Crippen molar-refractivity contribution in [3.63, 3.8) is 0 Å². The van der Waals surface area contributed by atoms with E-state index in [0.717, 1.165) is 10.6 Å². The van der Waals surface area contributed by atoms with Crippen molar-refractivity contribution in [1.29, 1.82) is 0 Å². The van der Waals surface area contributed by atoms with E-state index in [9.17, 15) is 9.59 Å². The van der Waals surface area contributed by atoms with Crippen LogP contribution in [-0.2, 0) is 11.4 Å². The number of imide groups is 1. The van der Waals surface area contributed by atoms with Crippen LogP contribution in [0.1, 0.15) is 26.5 Å². The van der Waals surface area contributed by atoms with Crippen LogP contribution in [0.15, 0.2) is 65.2 Å². The summed E-state index contributed by atoms with van der Waals surface area (Å²) in [5.74, 6) is -0.526. The SMILES string of the molecule is O=C1c2ccccc2C(=O)N1OCc1cc(-c2ccccc2)no1. The fourth-order valence-electron chi connectivity index (χ4n) is 2.54. The van der Waals surface area contributed by atoms with E-state index in [1.165, 1.54) is 0 Å². The zero-order valence-electron chi connectivity index (χ0n) is 12.5. The molecular weight excluding hydrogens is 308 g/mol. The summed E-state index contributed by atoms with van der Waals surface area (Å²) in [6.45, 7) is -0.0642. The Bertz CT molecular complexity index is 883. The molecule has 0 bridgehead atoms. The average Bonchev–Trinajstić information content (AvgIpc) is 3.19. The number of amides is 2. The van der Waals surface area contributed by atoms with E-state index in [2.05, 4.69) is 5.16 Å². The molecule has 0 unspecified atom stereocenters. The highest BCUT2D eigenvalue weighted by Crippen LogP contribution is 2.24. The highest BCUT2D eigenvalue weighted by Gasteiger charge is 2.36. The van der Waals surface area contributed by atoms with Gasteiger partial charge in [-0.1, -0.05) is 47.6 Å². The van der Waals surface area contributed by atoms with Gasteiger partial charge in [-0.2, -0.15) is 0 Å². The maximum Gasteiger partial charge on any atom is 0.285 e. The molecular formula is C18H12N2O4. The van der Waals surface area contributed by atoms with E-state index in [-0.39, 0.29) is 6.61 Å². The van der Waals surface area contributed by atoms with E-state index in [4.69, 9.17) is 9.36 Å². The lowest BCUT2D eigenvalue weighted by atomic mass is 10.1. The molecule has 3 aromatic rings. The summed E-state index contributed by atoms with van der Waals surface area (Å²) in [6, 6.07) is 17.9. The van der Waals surface area contributed by atoms with Crippen molar-refractivity contribution in [2.45, 2.75) is 6.61 Å². The molecule has 2 amide bonds. The lowest BCUT2D eigenvalue weighted by Gasteiger charge is -2.11. The number of hydroxylamine groups is 2. The Kier molecular flexibility index (Phi) is 3.44. The Morgan fingerprint density at radius 2 is 1.54 bits per heavy atom. The average molecular weight is 320 g/mol. The van der Waals surface area contributed by atoms with E-state index >= 15 is 0 Å². The van der Waals surface area contributed by atoms with Crippen LogP contribution in [0.4, 0.5) is 0 Å². The zero-order chi connectivity index (χ0) is 16.5. The first-order valence-corrected chi connectivity index (χ1v) is 7.36. The minimum Gasteiger partial charge on any atom is -0.358 e. The molecule has 0 saturated carbocycles. The number of hydrogen-bond acceptors (Lipinski definition) is 5. The first-order valence-electron chi connectivity index (χ1n) is 7.36. The second-order valence-electron chi connectivity index (χ2n) is 5.27. The number of hydrogen-bond donors (Lipinski definition) is 0. The van der Waals surface area contributed by atoms with Crippen molar-refractivity contribution in [2.24, 2.45) is 0 Å². The van der Waals surface area contributed by atoms with Crippen molar-refractivity contribution in [1.82, 2.24) is 10.2 Å². The number of fused-ring (bicyclic) bond motifs is 1. The van der Waals surface area contributed by atoms with Gasteiger partial charge in [-0.25, -0.2) is 0 Å². The van der Waals surface area contributed by atoms with Gasteiger partial charge < -0.3 is 4.52 Å².